The van der Waals surface area contributed by atoms with Crippen LogP contribution in [0.25, 0.3) is 0 Å². The second-order valence-corrected chi connectivity index (χ2v) is 4.20. The minimum absolute atomic E-state index is 0.209. The van der Waals surface area contributed by atoms with E-state index in [-0.39, 0.29) is 19.2 Å². The zero-order valence-corrected chi connectivity index (χ0v) is 7.91. The van der Waals surface area contributed by atoms with E-state index >= 15 is 0 Å². The van der Waals surface area contributed by atoms with Crippen molar-refractivity contribution in [3.05, 3.63) is 0 Å². The maximum atomic E-state index is 11.4. The summed E-state index contributed by atoms with van der Waals surface area (Å²) in [5.41, 5.74) is -1.53. The lowest BCUT2D eigenvalue weighted by atomic mass is 9.51. The highest BCUT2D eigenvalue weighted by atomic mass is 16.5. The molecule has 78 valence electrons. The lowest BCUT2D eigenvalue weighted by Crippen LogP contribution is -2.63. The van der Waals surface area contributed by atoms with Gasteiger partial charge in [-0.25, -0.2) is 0 Å². The number of esters is 1. The van der Waals surface area contributed by atoms with Crippen LogP contribution in [-0.2, 0) is 19.1 Å². The van der Waals surface area contributed by atoms with Crippen molar-refractivity contribution in [2.75, 3.05) is 20.3 Å². The van der Waals surface area contributed by atoms with E-state index in [1.807, 2.05) is 0 Å². The number of rotatable bonds is 2. The molecule has 3 fully saturated rings. The summed E-state index contributed by atoms with van der Waals surface area (Å²) in [7, 11) is 1.31. The van der Waals surface area contributed by atoms with Crippen LogP contribution in [0.4, 0.5) is 0 Å². The van der Waals surface area contributed by atoms with E-state index < -0.39 is 16.8 Å². The number of carboxylic acids is 1. The number of carbonyl (C=O) groups excluding carboxylic acids is 1. The molecule has 0 atom stereocenters. The first-order chi connectivity index (χ1) is 6.55. The number of carboxylic acid groups (broad SMARTS) is 1. The minimum Gasteiger partial charge on any atom is -0.481 e. The highest BCUT2D eigenvalue weighted by molar-refractivity contribution is 5.85. The van der Waals surface area contributed by atoms with Gasteiger partial charge in [0, 0.05) is 0 Å². The lowest BCUT2D eigenvalue weighted by Gasteiger charge is -2.55. The minimum atomic E-state index is -0.878. The fourth-order valence-corrected chi connectivity index (χ4v) is 2.52. The van der Waals surface area contributed by atoms with E-state index in [9.17, 15) is 9.59 Å². The molecular weight excluding hydrogens is 188 g/mol. The van der Waals surface area contributed by atoms with Crippen LogP contribution in [0, 0.1) is 10.8 Å². The second-order valence-electron chi connectivity index (χ2n) is 4.20. The Balaban J connectivity index is 2.16. The first-order valence-electron chi connectivity index (χ1n) is 4.44. The van der Waals surface area contributed by atoms with Crippen LogP contribution in [-0.4, -0.2) is 37.4 Å². The van der Waals surface area contributed by atoms with Crippen molar-refractivity contribution in [1.82, 2.24) is 0 Å². The van der Waals surface area contributed by atoms with Gasteiger partial charge in [-0.2, -0.15) is 0 Å². The smallest absolute Gasteiger partial charge is 0.314 e. The Labute approximate surface area is 81.0 Å². The maximum Gasteiger partial charge on any atom is 0.314 e. The molecule has 0 aromatic carbocycles. The summed E-state index contributed by atoms with van der Waals surface area (Å²) >= 11 is 0. The van der Waals surface area contributed by atoms with Gasteiger partial charge in [-0.05, 0) is 12.8 Å². The molecule has 0 aromatic heterocycles. The van der Waals surface area contributed by atoms with E-state index in [2.05, 4.69) is 4.74 Å². The van der Waals surface area contributed by atoms with Gasteiger partial charge in [0.15, 0.2) is 0 Å². The number of aliphatic carboxylic acids is 1. The highest BCUT2D eigenvalue weighted by Crippen LogP contribution is 2.58. The van der Waals surface area contributed by atoms with Crippen LogP contribution in [0.3, 0.4) is 0 Å². The first kappa shape index (κ1) is 9.45. The van der Waals surface area contributed by atoms with Gasteiger partial charge in [0.2, 0.25) is 0 Å². The third kappa shape index (κ3) is 0.987. The van der Waals surface area contributed by atoms with Crippen LogP contribution in [0.5, 0.6) is 0 Å². The molecule has 14 heavy (non-hydrogen) atoms. The van der Waals surface area contributed by atoms with Crippen LogP contribution in [0.2, 0.25) is 0 Å². The van der Waals surface area contributed by atoms with Crippen molar-refractivity contribution in [1.29, 1.82) is 0 Å². The number of hydrogen-bond acceptors (Lipinski definition) is 4. The fourth-order valence-electron chi connectivity index (χ4n) is 2.52. The largest absolute Gasteiger partial charge is 0.481 e. The average molecular weight is 200 g/mol. The van der Waals surface area contributed by atoms with Crippen LogP contribution in [0.15, 0.2) is 0 Å². The molecule has 0 unspecified atom stereocenters. The van der Waals surface area contributed by atoms with Crippen LogP contribution < -0.4 is 0 Å². The summed E-state index contributed by atoms with van der Waals surface area (Å²) < 4.78 is 9.78. The highest BCUT2D eigenvalue weighted by Gasteiger charge is 2.66. The predicted octanol–water partition coefficient (Wildman–Crippen LogP) is 0.0408. The Morgan fingerprint density at radius 3 is 2.36 bits per heavy atom. The first-order valence-corrected chi connectivity index (χ1v) is 4.44. The third-order valence-electron chi connectivity index (χ3n) is 3.18. The van der Waals surface area contributed by atoms with Crippen LogP contribution >= 0.6 is 0 Å². The zero-order chi connectivity index (χ0) is 10.4. The standard InChI is InChI=1S/C9H12O5/c1-13-7(12)9-2-8(3-9,6(10)11)4-14-5-9/h2-5H2,1H3,(H,10,11). The number of methoxy groups -OCH3 is 1. The molecule has 0 amide bonds. The molecule has 3 aliphatic rings. The van der Waals surface area contributed by atoms with Gasteiger partial charge in [-0.3, -0.25) is 9.59 Å². The van der Waals surface area contributed by atoms with Gasteiger partial charge < -0.3 is 14.6 Å². The molecule has 0 aromatic rings. The Morgan fingerprint density at radius 2 is 1.86 bits per heavy atom. The van der Waals surface area contributed by atoms with E-state index in [0.29, 0.717) is 12.8 Å². The normalized spacial score (nSPS) is 39.8. The van der Waals surface area contributed by atoms with Crippen molar-refractivity contribution in [3.8, 4) is 0 Å². The molecule has 2 heterocycles. The van der Waals surface area contributed by atoms with Crippen molar-refractivity contribution in [2.45, 2.75) is 12.8 Å². The molecule has 5 nitrogen and oxygen atoms in total. The molecule has 0 radical (unpaired) electrons. The third-order valence-corrected chi connectivity index (χ3v) is 3.18. The second kappa shape index (κ2) is 2.70. The monoisotopic (exact) mass is 200 g/mol. The molecule has 0 spiro atoms. The molecular formula is C9H12O5. The summed E-state index contributed by atoms with van der Waals surface area (Å²) in [6.45, 7) is 0.496. The molecule has 1 saturated carbocycles. The van der Waals surface area contributed by atoms with Crippen molar-refractivity contribution in [3.63, 3.8) is 0 Å². The summed E-state index contributed by atoms with van der Waals surface area (Å²) in [6.07, 6.45) is 0.698. The Kier molecular flexibility index (Phi) is 1.82. The van der Waals surface area contributed by atoms with Gasteiger partial charge in [0.05, 0.1) is 31.2 Å². The molecule has 3 rings (SSSR count). The topological polar surface area (TPSA) is 72.8 Å². The quantitative estimate of drug-likeness (QED) is 0.637. The Morgan fingerprint density at radius 1 is 1.29 bits per heavy atom. The van der Waals surface area contributed by atoms with Crippen LogP contribution in [0.1, 0.15) is 12.8 Å². The fraction of sp³-hybridized carbons (Fsp3) is 0.778. The van der Waals surface area contributed by atoms with Gasteiger partial charge >= 0.3 is 11.9 Å². The van der Waals surface area contributed by atoms with Gasteiger partial charge in [0.25, 0.3) is 0 Å². The van der Waals surface area contributed by atoms with Gasteiger partial charge in [0.1, 0.15) is 0 Å². The van der Waals surface area contributed by atoms with E-state index in [1.165, 1.54) is 7.11 Å². The molecule has 2 bridgehead atoms. The zero-order valence-electron chi connectivity index (χ0n) is 7.91. The maximum absolute atomic E-state index is 11.4. The van der Waals surface area contributed by atoms with Crippen molar-refractivity contribution in [2.24, 2.45) is 10.8 Å². The number of carbonyl (C=O) groups is 2. The number of fused-ring (bicyclic) bond motifs is 2. The Bertz CT molecular complexity index is 290. The lowest BCUT2D eigenvalue weighted by molar-refractivity contribution is -0.222. The van der Waals surface area contributed by atoms with Gasteiger partial charge in [-0.15, -0.1) is 0 Å². The summed E-state index contributed by atoms with van der Waals surface area (Å²) in [4.78, 5) is 22.3. The molecule has 2 saturated heterocycles. The number of ether oxygens (including phenoxy) is 2. The average Bonchev–Trinajstić information content (AvgIpc) is 2.15. The van der Waals surface area contributed by atoms with E-state index in [4.69, 9.17) is 9.84 Å². The van der Waals surface area contributed by atoms with Gasteiger partial charge in [-0.1, -0.05) is 0 Å². The van der Waals surface area contributed by atoms with Crippen molar-refractivity contribution >= 4 is 11.9 Å². The predicted molar refractivity (Wildman–Crippen MR) is 44.6 cm³/mol. The summed E-state index contributed by atoms with van der Waals surface area (Å²) in [6, 6.07) is 0. The Hall–Kier alpha value is -1.10. The van der Waals surface area contributed by atoms with Crippen molar-refractivity contribution < 1.29 is 24.2 Å². The molecule has 1 aliphatic carbocycles. The number of hydrogen-bond donors (Lipinski definition) is 1. The summed E-state index contributed by atoms with van der Waals surface area (Å²) in [5.74, 6) is -1.23. The molecule has 2 aliphatic heterocycles. The molecule has 5 heteroatoms. The van der Waals surface area contributed by atoms with E-state index in [1.54, 1.807) is 0 Å². The molecule has 1 N–H and O–H groups in total. The van der Waals surface area contributed by atoms with E-state index in [0.717, 1.165) is 0 Å². The summed E-state index contributed by atoms with van der Waals surface area (Å²) in [5, 5.41) is 8.97. The SMILES string of the molecule is COC(=O)C12COCC(C(=O)O)(C1)C2.